The fraction of sp³-hybridized carbons (Fsp3) is 0.200. The molecular formula is C25H22FNO5. The number of anilines is 1. The van der Waals surface area contributed by atoms with Crippen LogP contribution in [-0.2, 0) is 9.59 Å². The maximum atomic E-state index is 13.7. The number of carbonyl (C=O) groups is 2. The number of aliphatic hydroxyl groups is 1. The zero-order valence-corrected chi connectivity index (χ0v) is 17.7. The number of aliphatic hydroxyl groups excluding tert-OH is 1. The van der Waals surface area contributed by atoms with E-state index in [2.05, 4.69) is 0 Å². The second-order valence-electron chi connectivity index (χ2n) is 7.49. The summed E-state index contributed by atoms with van der Waals surface area (Å²) in [6.07, 6.45) is 2.25. The van der Waals surface area contributed by atoms with Crippen LogP contribution in [0.3, 0.4) is 0 Å². The summed E-state index contributed by atoms with van der Waals surface area (Å²) in [5.74, 6) is -1.63. The van der Waals surface area contributed by atoms with Gasteiger partial charge in [0, 0.05) is 17.3 Å². The number of amides is 1. The number of Topliss-reactive ketones (excluding diaryl/α,β-unsaturated/α-hetero) is 1. The molecule has 164 valence electrons. The van der Waals surface area contributed by atoms with Gasteiger partial charge < -0.3 is 14.3 Å². The van der Waals surface area contributed by atoms with E-state index in [1.54, 1.807) is 43.3 Å². The molecule has 1 saturated heterocycles. The van der Waals surface area contributed by atoms with Gasteiger partial charge >= 0.3 is 0 Å². The number of halogens is 1. The second-order valence-corrected chi connectivity index (χ2v) is 7.49. The van der Waals surface area contributed by atoms with Crippen molar-refractivity contribution in [1.82, 2.24) is 0 Å². The molecule has 3 aromatic rings. The Bertz CT molecular complexity index is 1200. The number of aryl methyl sites for hydroxylation is 1. The summed E-state index contributed by atoms with van der Waals surface area (Å²) < 4.78 is 24.9. The van der Waals surface area contributed by atoms with Gasteiger partial charge in [-0.2, -0.15) is 0 Å². The molecule has 7 heteroatoms. The number of ether oxygens (including phenoxy) is 1. The van der Waals surface area contributed by atoms with Crippen molar-refractivity contribution >= 4 is 23.1 Å². The van der Waals surface area contributed by atoms with E-state index in [9.17, 15) is 19.1 Å². The number of furan rings is 1. The predicted octanol–water partition coefficient (Wildman–Crippen LogP) is 5.14. The molecule has 2 heterocycles. The molecule has 0 radical (unpaired) electrons. The first-order valence-electron chi connectivity index (χ1n) is 10.3. The van der Waals surface area contributed by atoms with Crippen LogP contribution in [0.1, 0.15) is 36.3 Å². The summed E-state index contributed by atoms with van der Waals surface area (Å²) in [5.41, 5.74) is 0.837. The van der Waals surface area contributed by atoms with Gasteiger partial charge in [-0.3, -0.25) is 14.5 Å². The Balaban J connectivity index is 1.86. The zero-order chi connectivity index (χ0) is 22.8. The van der Waals surface area contributed by atoms with Gasteiger partial charge in [0.15, 0.2) is 0 Å². The molecule has 2 aromatic carbocycles. The van der Waals surface area contributed by atoms with E-state index in [1.807, 2.05) is 6.92 Å². The van der Waals surface area contributed by atoms with Gasteiger partial charge in [-0.1, -0.05) is 13.0 Å². The quantitative estimate of drug-likeness (QED) is 0.329. The van der Waals surface area contributed by atoms with Crippen LogP contribution in [0.25, 0.3) is 5.76 Å². The van der Waals surface area contributed by atoms with Crippen molar-refractivity contribution < 1.29 is 28.2 Å². The largest absolute Gasteiger partial charge is 0.507 e. The molecule has 1 amide bonds. The first kappa shape index (κ1) is 21.4. The summed E-state index contributed by atoms with van der Waals surface area (Å²) in [6, 6.07) is 13.1. The lowest BCUT2D eigenvalue weighted by molar-refractivity contribution is -0.132. The lowest BCUT2D eigenvalue weighted by Gasteiger charge is -2.23. The van der Waals surface area contributed by atoms with Crippen molar-refractivity contribution in [3.8, 4) is 5.75 Å². The van der Waals surface area contributed by atoms with Gasteiger partial charge in [-0.05, 0) is 61.4 Å². The van der Waals surface area contributed by atoms with Gasteiger partial charge in [0.25, 0.3) is 11.7 Å². The van der Waals surface area contributed by atoms with Gasteiger partial charge in [-0.25, -0.2) is 4.39 Å². The summed E-state index contributed by atoms with van der Waals surface area (Å²) in [7, 11) is 0. The van der Waals surface area contributed by atoms with E-state index in [1.165, 1.54) is 29.4 Å². The van der Waals surface area contributed by atoms with Gasteiger partial charge in [0.2, 0.25) is 0 Å². The third kappa shape index (κ3) is 3.77. The fourth-order valence-corrected chi connectivity index (χ4v) is 3.71. The zero-order valence-electron chi connectivity index (χ0n) is 17.7. The average Bonchev–Trinajstić information content (AvgIpc) is 3.41. The molecule has 1 aliphatic heterocycles. The number of benzene rings is 2. The van der Waals surface area contributed by atoms with E-state index in [0.717, 1.165) is 6.42 Å². The Kier molecular flexibility index (Phi) is 5.81. The minimum Gasteiger partial charge on any atom is -0.507 e. The van der Waals surface area contributed by atoms with E-state index >= 15 is 0 Å². The summed E-state index contributed by atoms with van der Waals surface area (Å²) in [5, 5.41) is 11.0. The van der Waals surface area contributed by atoms with Crippen LogP contribution in [-0.4, -0.2) is 23.4 Å². The first-order chi connectivity index (χ1) is 15.4. The molecular weight excluding hydrogens is 413 g/mol. The van der Waals surface area contributed by atoms with E-state index in [4.69, 9.17) is 9.15 Å². The Labute approximate surface area is 184 Å². The Morgan fingerprint density at radius 3 is 2.66 bits per heavy atom. The lowest BCUT2D eigenvalue weighted by Crippen LogP contribution is -2.29. The fourth-order valence-electron chi connectivity index (χ4n) is 3.71. The van der Waals surface area contributed by atoms with Crippen LogP contribution in [0, 0.1) is 12.7 Å². The first-order valence-corrected chi connectivity index (χ1v) is 10.3. The highest BCUT2D eigenvalue weighted by atomic mass is 19.1. The number of ketones is 1. The maximum absolute atomic E-state index is 13.7. The van der Waals surface area contributed by atoms with Crippen molar-refractivity contribution in [3.63, 3.8) is 0 Å². The molecule has 0 saturated carbocycles. The number of carbonyl (C=O) groups excluding carboxylic acids is 2. The Morgan fingerprint density at radius 1 is 1.16 bits per heavy atom. The van der Waals surface area contributed by atoms with Crippen LogP contribution in [0.4, 0.5) is 10.1 Å². The van der Waals surface area contributed by atoms with Gasteiger partial charge in [0.05, 0.1) is 18.4 Å². The predicted molar refractivity (Wildman–Crippen MR) is 117 cm³/mol. The minimum absolute atomic E-state index is 0.129. The van der Waals surface area contributed by atoms with Crippen LogP contribution in [0.5, 0.6) is 5.75 Å². The normalized spacial score (nSPS) is 17.7. The molecule has 0 bridgehead atoms. The monoisotopic (exact) mass is 435 g/mol. The number of hydrogen-bond donors (Lipinski definition) is 1. The highest BCUT2D eigenvalue weighted by Gasteiger charge is 2.48. The Hall–Kier alpha value is -3.87. The van der Waals surface area contributed by atoms with Gasteiger partial charge in [0.1, 0.15) is 29.1 Å². The van der Waals surface area contributed by atoms with Crippen molar-refractivity contribution in [2.45, 2.75) is 26.3 Å². The highest BCUT2D eigenvalue weighted by molar-refractivity contribution is 6.51. The summed E-state index contributed by atoms with van der Waals surface area (Å²) in [4.78, 5) is 27.4. The van der Waals surface area contributed by atoms with Crippen LogP contribution in [0.2, 0.25) is 0 Å². The highest BCUT2D eigenvalue weighted by Crippen LogP contribution is 2.43. The molecule has 1 aromatic heterocycles. The number of rotatable bonds is 6. The lowest BCUT2D eigenvalue weighted by atomic mass is 9.98. The van der Waals surface area contributed by atoms with Crippen LogP contribution < -0.4 is 9.64 Å². The molecule has 1 aliphatic rings. The van der Waals surface area contributed by atoms with Crippen LogP contribution in [0.15, 0.2) is 70.9 Å². The molecule has 1 unspecified atom stereocenters. The van der Waals surface area contributed by atoms with Crippen molar-refractivity contribution in [2.24, 2.45) is 0 Å². The Morgan fingerprint density at radius 2 is 1.97 bits per heavy atom. The smallest absolute Gasteiger partial charge is 0.300 e. The topological polar surface area (TPSA) is 80.0 Å². The van der Waals surface area contributed by atoms with Gasteiger partial charge in [-0.15, -0.1) is 0 Å². The minimum atomic E-state index is -0.989. The van der Waals surface area contributed by atoms with E-state index in [-0.39, 0.29) is 11.1 Å². The van der Waals surface area contributed by atoms with E-state index in [0.29, 0.717) is 29.4 Å². The van der Waals surface area contributed by atoms with Crippen LogP contribution >= 0.6 is 0 Å². The molecule has 1 N–H and O–H groups in total. The van der Waals surface area contributed by atoms with Crippen molar-refractivity contribution in [3.05, 3.63) is 89.1 Å². The number of hydrogen-bond acceptors (Lipinski definition) is 5. The number of nitrogens with zero attached hydrogens (tertiary/aromatic N) is 1. The van der Waals surface area contributed by atoms with Crippen molar-refractivity contribution in [1.29, 1.82) is 0 Å². The molecule has 32 heavy (non-hydrogen) atoms. The maximum Gasteiger partial charge on any atom is 0.300 e. The molecule has 4 rings (SSSR count). The molecule has 1 atom stereocenters. The standard InChI is InChI=1S/C25H22FNO5/c1-3-11-31-18-7-4-6-17(14-18)27-22(20-8-5-12-32-20)21(24(29)25(27)30)23(28)16-9-10-19(26)15(2)13-16/h4-10,12-14,22,28H,3,11H2,1-2H3/b23-21-. The molecule has 0 aliphatic carbocycles. The summed E-state index contributed by atoms with van der Waals surface area (Å²) >= 11 is 0. The van der Waals surface area contributed by atoms with Crippen molar-refractivity contribution in [2.75, 3.05) is 11.5 Å². The average molecular weight is 435 g/mol. The third-order valence-electron chi connectivity index (χ3n) is 5.26. The molecule has 6 nitrogen and oxygen atoms in total. The SMILES string of the molecule is CCCOc1cccc(N2C(=O)C(=O)/C(=C(\O)c3ccc(F)c(C)c3)C2c2ccco2)c1. The molecule has 1 fully saturated rings. The van der Waals surface area contributed by atoms with E-state index < -0.39 is 29.3 Å². The molecule has 0 spiro atoms. The summed E-state index contributed by atoms with van der Waals surface area (Å²) in [6.45, 7) is 4.04. The third-order valence-corrected chi connectivity index (χ3v) is 5.26. The second kappa shape index (κ2) is 8.70.